The van der Waals surface area contributed by atoms with Gasteiger partial charge in [0.2, 0.25) is 0 Å². The van der Waals surface area contributed by atoms with Gasteiger partial charge in [-0.1, -0.05) is 158 Å². The molecule has 0 aromatic heterocycles. The van der Waals surface area contributed by atoms with Crippen molar-refractivity contribution in [3.05, 3.63) is 217 Å². The van der Waals surface area contributed by atoms with Gasteiger partial charge in [-0.05, 0) is 71.8 Å². The minimum atomic E-state index is 0. The van der Waals surface area contributed by atoms with Gasteiger partial charge in [-0.3, -0.25) is 0 Å². The topological polar surface area (TPSA) is 6.48 Å². The number of anilines is 6. The molecule has 12 rings (SSSR count). The van der Waals surface area contributed by atoms with Crippen LogP contribution in [-0.2, 0) is 23.3 Å². The molecule has 0 fully saturated rings. The van der Waals surface area contributed by atoms with E-state index in [1.807, 2.05) is 23.5 Å². The molecule has 0 aliphatic carbocycles. The number of hydrogen-bond donors (Lipinski definition) is 0. The Kier molecular flexibility index (Phi) is 15.0. The van der Waals surface area contributed by atoms with Crippen LogP contribution in [0, 0.1) is 13.8 Å². The van der Waals surface area contributed by atoms with Crippen molar-refractivity contribution in [3.8, 4) is 22.3 Å². The van der Waals surface area contributed by atoms with Crippen molar-refractivity contribution in [1.82, 2.24) is 0 Å². The Bertz CT molecular complexity index is 3020. The standard InChI is InChI=1S/2C28H20NS.C2H6Si.2ClH.Zr/c2*1-19-15-21-17-22(18-24(23(21)16-19)20-9-3-2-4-10-20)29-25-11-5-7-13-27(25)30-28-14-8-6-12-26(28)29;1-3-2;;;/h2*2-18H,1H3;1-2H3;2*1H;/q2*-1;;;;+2/p-2. The molecule has 10 aromatic carbocycles. The van der Waals surface area contributed by atoms with Crippen LogP contribution in [0.25, 0.3) is 43.8 Å². The largest absolute Gasteiger partial charge is 1.00 e. The maximum Gasteiger partial charge on any atom is 0.0593 e. The van der Waals surface area contributed by atoms with Crippen molar-refractivity contribution < 1.29 is 48.1 Å². The van der Waals surface area contributed by atoms with Crippen LogP contribution in [0.1, 0.15) is 11.1 Å². The molecule has 10 aromatic rings. The van der Waals surface area contributed by atoms with Crippen LogP contribution in [0.2, 0.25) is 13.1 Å². The van der Waals surface area contributed by atoms with Crippen LogP contribution in [-0.4, -0.2) is 5.43 Å². The van der Waals surface area contributed by atoms with Crippen LogP contribution in [0.15, 0.2) is 226 Å². The second-order valence-electron chi connectivity index (χ2n) is 16.5. The normalized spacial score (nSPS) is 11.9. The summed E-state index contributed by atoms with van der Waals surface area (Å²) in [7, 11) is 0. The third-order valence-electron chi connectivity index (χ3n) is 11.5. The van der Waals surface area contributed by atoms with Gasteiger partial charge in [-0.25, -0.2) is 0 Å². The first-order valence-corrected chi connectivity index (χ1v) is 29.5. The van der Waals surface area contributed by atoms with E-state index in [1.54, 1.807) is 23.3 Å². The van der Waals surface area contributed by atoms with Crippen molar-refractivity contribution >= 4 is 84.6 Å². The maximum atomic E-state index is 2.41. The first-order chi connectivity index (χ1) is 31.3. The molecule has 0 spiro atoms. The Morgan fingerprint density at radius 2 is 0.697 bits per heavy atom. The van der Waals surface area contributed by atoms with Crippen LogP contribution in [0.5, 0.6) is 0 Å². The Hall–Kier alpha value is -5.04. The van der Waals surface area contributed by atoms with Gasteiger partial charge in [0.15, 0.2) is 0 Å². The summed E-state index contributed by atoms with van der Waals surface area (Å²) in [5.41, 5.74) is 15.2. The molecule has 8 heteroatoms. The van der Waals surface area contributed by atoms with Crippen molar-refractivity contribution in [2.75, 3.05) is 9.80 Å². The van der Waals surface area contributed by atoms with E-state index < -0.39 is 0 Å². The summed E-state index contributed by atoms with van der Waals surface area (Å²) in [4.78, 5) is 9.98. The van der Waals surface area contributed by atoms with Crippen LogP contribution in [0.4, 0.5) is 34.1 Å². The molecule has 66 heavy (non-hydrogen) atoms. The molecule has 0 saturated heterocycles. The molecule has 2 aliphatic rings. The van der Waals surface area contributed by atoms with Crippen LogP contribution < -0.4 is 34.6 Å². The summed E-state index contributed by atoms with van der Waals surface area (Å²) >= 11 is 5.43. The monoisotopic (exact) mass is 1020 g/mol. The van der Waals surface area contributed by atoms with E-state index in [2.05, 4.69) is 243 Å². The Morgan fingerprint density at radius 1 is 0.409 bits per heavy atom. The minimum absolute atomic E-state index is 0. The van der Waals surface area contributed by atoms with Crippen LogP contribution in [0.3, 0.4) is 0 Å². The van der Waals surface area contributed by atoms with E-state index in [0.29, 0.717) is 0 Å². The molecule has 0 amide bonds. The zero-order chi connectivity index (χ0) is 43.7. The summed E-state index contributed by atoms with van der Waals surface area (Å²) in [6.45, 7) is 8.97. The Morgan fingerprint density at radius 3 is 1.02 bits per heavy atom. The van der Waals surface area contributed by atoms with Gasteiger partial charge in [0.25, 0.3) is 0 Å². The molecule has 2 nitrogen and oxygen atoms in total. The number of para-hydroxylation sites is 4. The van der Waals surface area contributed by atoms with Gasteiger partial charge in [0, 0.05) is 31.0 Å². The third kappa shape index (κ3) is 9.69. The smallest absolute Gasteiger partial charge is 0.0593 e. The fourth-order valence-corrected chi connectivity index (χ4v) is 11.0. The number of halogens is 2. The molecule has 324 valence electrons. The first kappa shape index (κ1) is 47.5. The van der Waals surface area contributed by atoms with Crippen LogP contribution >= 0.6 is 23.5 Å². The van der Waals surface area contributed by atoms with Gasteiger partial charge in [-0.2, -0.15) is 12.1 Å². The second kappa shape index (κ2) is 20.9. The van der Waals surface area contributed by atoms with Crippen molar-refractivity contribution in [2.24, 2.45) is 0 Å². The minimum Gasteiger partial charge on any atom is -1.00 e. The summed E-state index contributed by atoms with van der Waals surface area (Å²) in [6.07, 6.45) is 0. The van der Waals surface area contributed by atoms with Gasteiger partial charge in [-0.15, -0.1) is 56.9 Å². The summed E-state index contributed by atoms with van der Waals surface area (Å²) in [6, 6.07) is 74.7. The van der Waals surface area contributed by atoms with Crippen molar-refractivity contribution in [3.63, 3.8) is 0 Å². The van der Waals surface area contributed by atoms with E-state index in [-0.39, 0.29) is 30.2 Å². The summed E-state index contributed by atoms with van der Waals surface area (Å²) < 4.78 is 0. The van der Waals surface area contributed by atoms with E-state index >= 15 is 0 Å². The third-order valence-corrected chi connectivity index (χ3v) is 13.7. The molecule has 0 radical (unpaired) electrons. The number of rotatable bonds is 4. The second-order valence-corrected chi connectivity index (χ2v) is 28.1. The van der Waals surface area contributed by atoms with Crippen molar-refractivity contribution in [2.45, 2.75) is 46.5 Å². The molecule has 2 aliphatic heterocycles. The quantitative estimate of drug-likeness (QED) is 0.128. The molecule has 2 heterocycles. The molecule has 0 saturated carbocycles. The predicted octanol–water partition coefficient (Wildman–Crippen LogP) is 11.7. The molecular formula is C58H46Cl2N2S2SiZr-2. The zero-order valence-corrected chi connectivity index (χ0v) is 43.7. The van der Waals surface area contributed by atoms with E-state index in [4.69, 9.17) is 0 Å². The van der Waals surface area contributed by atoms with Gasteiger partial charge in [0.05, 0.1) is 22.7 Å². The van der Waals surface area contributed by atoms with E-state index in [9.17, 15) is 0 Å². The maximum absolute atomic E-state index is 2.41. The summed E-state index contributed by atoms with van der Waals surface area (Å²) in [5.74, 6) is 0. The molecule has 0 bridgehead atoms. The Balaban J connectivity index is 0.000000162. The van der Waals surface area contributed by atoms with Gasteiger partial charge in [0.1, 0.15) is 0 Å². The average Bonchev–Trinajstić information content (AvgIpc) is 3.90. The SMILES string of the molecule is C[Si](C)=[Zr+2].Cc1cc2c(-c3ccccc3)cc(N3c4ccccc4Sc4ccccc43)cc2[cH-]1.Cc1cc2c(-c3ccccc3)cc(N3c4ccccc4Sc4ccccc43)cc2[cH-]1.[Cl-].[Cl-]. The molecule has 0 atom stereocenters. The summed E-state index contributed by atoms with van der Waals surface area (Å²) in [5, 5.41) is 5.21. The zero-order valence-electron chi connectivity index (χ0n) is 37.1. The van der Waals surface area contributed by atoms with Gasteiger partial charge < -0.3 is 34.6 Å². The van der Waals surface area contributed by atoms with Crippen molar-refractivity contribution in [1.29, 1.82) is 0 Å². The Labute approximate surface area is 425 Å². The molecular weight excluding hydrogens is 979 g/mol. The van der Waals surface area contributed by atoms with E-state index in [1.165, 1.54) is 109 Å². The van der Waals surface area contributed by atoms with Gasteiger partial charge >= 0.3 is 41.9 Å². The fourth-order valence-electron chi connectivity index (χ4n) is 8.85. The fraction of sp³-hybridized carbons (Fsp3) is 0.0690. The number of fused-ring (bicyclic) bond motifs is 6. The van der Waals surface area contributed by atoms with E-state index in [0.717, 1.165) is 0 Å². The number of benzene rings is 8. The predicted molar refractivity (Wildman–Crippen MR) is 275 cm³/mol. The average molecular weight is 1030 g/mol. The molecule has 0 unspecified atom stereocenters. The first-order valence-electron chi connectivity index (χ1n) is 21.7. The number of nitrogens with zero attached hydrogens (tertiary/aromatic N) is 2. The molecule has 0 N–H and O–H groups in total. The number of aryl methyl sites for hydroxylation is 2. The number of hydrogen-bond acceptors (Lipinski definition) is 4.